The third kappa shape index (κ3) is 1.02. The zero-order valence-corrected chi connectivity index (χ0v) is 8.10. The van der Waals surface area contributed by atoms with Crippen molar-refractivity contribution in [2.75, 3.05) is 0 Å². The van der Waals surface area contributed by atoms with Gasteiger partial charge in [-0.2, -0.15) is 0 Å². The maximum absolute atomic E-state index is 5.83. The summed E-state index contributed by atoms with van der Waals surface area (Å²) in [5.74, 6) is 1.47. The van der Waals surface area contributed by atoms with Crippen LogP contribution >= 0.6 is 0 Å². The second-order valence-corrected chi connectivity index (χ2v) is 3.92. The van der Waals surface area contributed by atoms with E-state index in [0.717, 1.165) is 5.75 Å². The molecule has 14 heavy (non-hydrogen) atoms. The summed E-state index contributed by atoms with van der Waals surface area (Å²) in [4.78, 5) is 0. The number of hydrogen-bond acceptors (Lipinski definition) is 1. The predicted octanol–water partition coefficient (Wildman–Crippen LogP) is 2.97. The molecule has 1 aliphatic carbocycles. The molecule has 0 saturated heterocycles. The Balaban J connectivity index is 2.12. The first-order chi connectivity index (χ1) is 6.84. The summed E-state index contributed by atoms with van der Waals surface area (Å²) >= 11 is 0. The lowest BCUT2D eigenvalue weighted by Crippen LogP contribution is -2.15. The molecule has 1 aromatic carbocycles. The van der Waals surface area contributed by atoms with Crippen molar-refractivity contribution in [1.82, 2.24) is 0 Å². The van der Waals surface area contributed by atoms with Gasteiger partial charge in [-0.25, -0.2) is 0 Å². The van der Waals surface area contributed by atoms with Gasteiger partial charge in [0.2, 0.25) is 0 Å². The van der Waals surface area contributed by atoms with E-state index in [1.165, 1.54) is 11.1 Å². The van der Waals surface area contributed by atoms with Crippen LogP contribution in [0.25, 0.3) is 0 Å². The molecule has 1 heterocycles. The van der Waals surface area contributed by atoms with Crippen LogP contribution in [0.4, 0.5) is 0 Å². The molecule has 0 fully saturated rings. The Morgan fingerprint density at radius 1 is 1.14 bits per heavy atom. The van der Waals surface area contributed by atoms with Gasteiger partial charge in [-0.15, -0.1) is 0 Å². The lowest BCUT2D eigenvalue weighted by atomic mass is 9.91. The number of ether oxygens (including phenoxy) is 1. The van der Waals surface area contributed by atoms with E-state index in [0.29, 0.717) is 5.92 Å². The third-order valence-electron chi connectivity index (χ3n) is 2.87. The van der Waals surface area contributed by atoms with Crippen molar-refractivity contribution in [2.45, 2.75) is 18.9 Å². The molecule has 70 valence electrons. The maximum atomic E-state index is 5.83. The first-order valence-corrected chi connectivity index (χ1v) is 4.97. The standard InChI is InChI=1S/C13H12O/c1-9-6-7-13-11(8-9)10-4-2-3-5-12(10)14-13/h2-8,10,12H,1H3/t10-,12?/m0/s1. The second-order valence-electron chi connectivity index (χ2n) is 3.92. The van der Waals surface area contributed by atoms with Gasteiger partial charge >= 0.3 is 0 Å². The smallest absolute Gasteiger partial charge is 0.128 e. The fourth-order valence-corrected chi connectivity index (χ4v) is 2.16. The van der Waals surface area contributed by atoms with E-state index >= 15 is 0 Å². The summed E-state index contributed by atoms with van der Waals surface area (Å²) in [5.41, 5.74) is 2.63. The summed E-state index contributed by atoms with van der Waals surface area (Å²) in [6.07, 6.45) is 8.72. The highest BCUT2D eigenvalue weighted by atomic mass is 16.5. The van der Waals surface area contributed by atoms with Crippen molar-refractivity contribution in [1.29, 1.82) is 0 Å². The number of aryl methyl sites for hydroxylation is 1. The SMILES string of the molecule is Cc1ccc2c(c1)[C@@H]1C=CC=CC1O2. The minimum absolute atomic E-state index is 0.219. The van der Waals surface area contributed by atoms with Crippen molar-refractivity contribution < 1.29 is 4.74 Å². The number of rotatable bonds is 0. The molecule has 2 atom stereocenters. The molecule has 0 spiro atoms. The minimum Gasteiger partial charge on any atom is -0.485 e. The molecule has 1 unspecified atom stereocenters. The van der Waals surface area contributed by atoms with Gasteiger partial charge in [-0.3, -0.25) is 0 Å². The number of fused-ring (bicyclic) bond motifs is 3. The summed E-state index contributed by atoms with van der Waals surface area (Å²) in [6.45, 7) is 2.12. The van der Waals surface area contributed by atoms with Gasteiger partial charge < -0.3 is 4.74 Å². The molecule has 2 aliphatic rings. The van der Waals surface area contributed by atoms with Gasteiger partial charge in [-0.05, 0) is 19.1 Å². The van der Waals surface area contributed by atoms with Gasteiger partial charge in [0, 0.05) is 11.5 Å². The second kappa shape index (κ2) is 2.74. The Morgan fingerprint density at radius 2 is 2.00 bits per heavy atom. The molecule has 1 aromatic rings. The van der Waals surface area contributed by atoms with Crippen LogP contribution in [0.2, 0.25) is 0 Å². The van der Waals surface area contributed by atoms with E-state index in [-0.39, 0.29) is 6.10 Å². The molecule has 1 aliphatic heterocycles. The number of allylic oxidation sites excluding steroid dienone is 2. The Morgan fingerprint density at radius 3 is 2.93 bits per heavy atom. The number of hydrogen-bond donors (Lipinski definition) is 0. The van der Waals surface area contributed by atoms with Crippen LogP contribution in [0.3, 0.4) is 0 Å². The maximum Gasteiger partial charge on any atom is 0.128 e. The topological polar surface area (TPSA) is 9.23 Å². The summed E-state index contributed by atoms with van der Waals surface area (Å²) in [6, 6.07) is 6.40. The number of benzene rings is 1. The van der Waals surface area contributed by atoms with E-state index in [1.54, 1.807) is 0 Å². The Hall–Kier alpha value is -1.50. The third-order valence-corrected chi connectivity index (χ3v) is 2.87. The molecule has 0 amide bonds. The van der Waals surface area contributed by atoms with E-state index in [4.69, 9.17) is 4.74 Å². The minimum atomic E-state index is 0.219. The molecule has 0 aromatic heterocycles. The van der Waals surface area contributed by atoms with Crippen LogP contribution in [-0.2, 0) is 0 Å². The molecular formula is C13H12O. The average molecular weight is 184 g/mol. The fraction of sp³-hybridized carbons (Fsp3) is 0.231. The zero-order valence-electron chi connectivity index (χ0n) is 8.10. The molecular weight excluding hydrogens is 172 g/mol. The Kier molecular flexibility index (Phi) is 1.54. The highest BCUT2D eigenvalue weighted by molar-refractivity contribution is 5.48. The first kappa shape index (κ1) is 7.86. The van der Waals surface area contributed by atoms with Crippen LogP contribution in [-0.4, -0.2) is 6.10 Å². The van der Waals surface area contributed by atoms with E-state index in [1.807, 2.05) is 0 Å². The van der Waals surface area contributed by atoms with Gasteiger partial charge in [0.1, 0.15) is 11.9 Å². The van der Waals surface area contributed by atoms with Gasteiger partial charge in [0.15, 0.2) is 0 Å². The summed E-state index contributed by atoms with van der Waals surface area (Å²) < 4.78 is 5.83. The largest absolute Gasteiger partial charge is 0.485 e. The van der Waals surface area contributed by atoms with Crippen molar-refractivity contribution in [3.05, 3.63) is 53.6 Å². The van der Waals surface area contributed by atoms with Crippen LogP contribution < -0.4 is 4.74 Å². The summed E-state index contributed by atoms with van der Waals surface area (Å²) in [5, 5.41) is 0. The van der Waals surface area contributed by atoms with E-state index in [2.05, 4.69) is 49.4 Å². The van der Waals surface area contributed by atoms with Crippen molar-refractivity contribution in [2.24, 2.45) is 0 Å². The molecule has 0 radical (unpaired) electrons. The predicted molar refractivity (Wildman–Crippen MR) is 56.6 cm³/mol. The normalized spacial score (nSPS) is 26.9. The van der Waals surface area contributed by atoms with Crippen LogP contribution in [0.15, 0.2) is 42.5 Å². The quantitative estimate of drug-likeness (QED) is 0.602. The molecule has 0 bridgehead atoms. The molecule has 0 N–H and O–H groups in total. The van der Waals surface area contributed by atoms with Gasteiger partial charge in [0.25, 0.3) is 0 Å². The average Bonchev–Trinajstić information content (AvgIpc) is 2.56. The van der Waals surface area contributed by atoms with E-state index in [9.17, 15) is 0 Å². The van der Waals surface area contributed by atoms with Gasteiger partial charge in [-0.1, -0.05) is 35.9 Å². The molecule has 3 rings (SSSR count). The van der Waals surface area contributed by atoms with Gasteiger partial charge in [0.05, 0.1) is 0 Å². The van der Waals surface area contributed by atoms with Crippen molar-refractivity contribution in [3.63, 3.8) is 0 Å². The lowest BCUT2D eigenvalue weighted by molar-refractivity contribution is 0.269. The Bertz CT molecular complexity index is 429. The monoisotopic (exact) mass is 184 g/mol. The van der Waals surface area contributed by atoms with Crippen LogP contribution in [0.1, 0.15) is 17.0 Å². The highest BCUT2D eigenvalue weighted by Crippen LogP contribution is 2.41. The molecule has 0 saturated carbocycles. The molecule has 1 nitrogen and oxygen atoms in total. The molecule has 1 heteroatoms. The fourth-order valence-electron chi connectivity index (χ4n) is 2.16. The van der Waals surface area contributed by atoms with Crippen molar-refractivity contribution >= 4 is 0 Å². The lowest BCUT2D eigenvalue weighted by Gasteiger charge is -2.13. The first-order valence-electron chi connectivity index (χ1n) is 4.97. The van der Waals surface area contributed by atoms with E-state index < -0.39 is 0 Å². The summed E-state index contributed by atoms with van der Waals surface area (Å²) in [7, 11) is 0. The van der Waals surface area contributed by atoms with Crippen LogP contribution in [0, 0.1) is 6.92 Å². The van der Waals surface area contributed by atoms with Crippen LogP contribution in [0.5, 0.6) is 5.75 Å². The van der Waals surface area contributed by atoms with Crippen molar-refractivity contribution in [3.8, 4) is 5.75 Å². The Labute approximate surface area is 83.7 Å². The zero-order chi connectivity index (χ0) is 9.54. The highest BCUT2D eigenvalue weighted by Gasteiger charge is 2.31.